The second kappa shape index (κ2) is 12.0. The van der Waals surface area contributed by atoms with Crippen molar-refractivity contribution in [3.8, 4) is 0 Å². The molecule has 0 aliphatic carbocycles. The van der Waals surface area contributed by atoms with E-state index in [-0.39, 0.29) is 24.9 Å². The number of hydrogen-bond donors (Lipinski definition) is 2. The summed E-state index contributed by atoms with van der Waals surface area (Å²) in [6, 6.07) is 16.0. The van der Waals surface area contributed by atoms with Crippen molar-refractivity contribution in [3.05, 3.63) is 70.8 Å². The van der Waals surface area contributed by atoms with Crippen molar-refractivity contribution in [1.29, 1.82) is 0 Å². The molecule has 0 saturated carbocycles. The summed E-state index contributed by atoms with van der Waals surface area (Å²) in [7, 11) is 0. The Labute approximate surface area is 174 Å². The molecule has 2 aromatic rings. The van der Waals surface area contributed by atoms with Gasteiger partial charge in [0.1, 0.15) is 0 Å². The van der Waals surface area contributed by atoms with Crippen LogP contribution in [0.4, 0.5) is 0 Å². The van der Waals surface area contributed by atoms with Crippen LogP contribution in [0.25, 0.3) is 0 Å². The molecule has 2 N–H and O–H groups in total. The molecular formula is C24H33N3O2. The zero-order valence-electron chi connectivity index (χ0n) is 17.8. The first-order valence-electron chi connectivity index (χ1n) is 10.3. The third-order valence-corrected chi connectivity index (χ3v) is 5.04. The summed E-state index contributed by atoms with van der Waals surface area (Å²) in [5, 5.41) is 5.95. The zero-order valence-corrected chi connectivity index (χ0v) is 17.8. The highest BCUT2D eigenvalue weighted by Gasteiger charge is 2.14. The predicted octanol–water partition coefficient (Wildman–Crippen LogP) is 3.34. The van der Waals surface area contributed by atoms with Crippen LogP contribution in [-0.4, -0.2) is 36.3 Å². The molecule has 0 spiro atoms. The fraction of sp³-hybridized carbons (Fsp3) is 0.417. The fourth-order valence-corrected chi connectivity index (χ4v) is 3.12. The van der Waals surface area contributed by atoms with Crippen LogP contribution in [0.5, 0.6) is 0 Å². The number of unbranched alkanes of at least 4 members (excludes halogenated alkanes) is 1. The Morgan fingerprint density at radius 3 is 1.66 bits per heavy atom. The number of hydrogen-bond acceptors (Lipinski definition) is 3. The van der Waals surface area contributed by atoms with Gasteiger partial charge in [0.15, 0.2) is 0 Å². The predicted molar refractivity (Wildman–Crippen MR) is 117 cm³/mol. The highest BCUT2D eigenvalue weighted by molar-refractivity contribution is 5.81. The Morgan fingerprint density at radius 2 is 1.24 bits per heavy atom. The lowest BCUT2D eigenvalue weighted by atomic mass is 10.1. The third-order valence-electron chi connectivity index (χ3n) is 5.04. The van der Waals surface area contributed by atoms with E-state index >= 15 is 0 Å². The molecule has 5 heteroatoms. The van der Waals surface area contributed by atoms with Gasteiger partial charge in [0.25, 0.3) is 0 Å². The van der Waals surface area contributed by atoms with E-state index in [1.165, 1.54) is 0 Å². The molecule has 29 heavy (non-hydrogen) atoms. The molecule has 0 aliphatic rings. The van der Waals surface area contributed by atoms with Crippen LogP contribution in [0.3, 0.4) is 0 Å². The van der Waals surface area contributed by atoms with Crippen molar-refractivity contribution < 1.29 is 9.59 Å². The van der Waals surface area contributed by atoms with E-state index in [1.807, 2.05) is 67.3 Å². The number of nitrogens with one attached hydrogen (secondary N) is 2. The Morgan fingerprint density at radius 1 is 0.793 bits per heavy atom. The lowest BCUT2D eigenvalue weighted by Gasteiger charge is -2.21. The molecule has 0 atom stereocenters. The lowest BCUT2D eigenvalue weighted by Crippen LogP contribution is -2.43. The Hall–Kier alpha value is -2.66. The number of aryl methyl sites for hydroxylation is 2. The minimum absolute atomic E-state index is 0.0592. The van der Waals surface area contributed by atoms with Crippen molar-refractivity contribution in [2.75, 3.05) is 19.6 Å². The SMILES string of the molecule is CCCCN(CC(=O)NCc1ccccc1C)CC(=O)NCc1ccccc1C. The average molecular weight is 396 g/mol. The molecule has 0 unspecified atom stereocenters. The number of carbonyl (C=O) groups excluding carboxylic acids is 2. The molecule has 156 valence electrons. The normalized spacial score (nSPS) is 10.8. The molecule has 2 amide bonds. The quantitative estimate of drug-likeness (QED) is 0.613. The molecule has 2 aromatic carbocycles. The number of nitrogens with zero attached hydrogens (tertiary/aromatic N) is 1. The van der Waals surface area contributed by atoms with Crippen molar-refractivity contribution in [2.45, 2.75) is 46.7 Å². The second-order valence-corrected chi connectivity index (χ2v) is 7.47. The first kappa shape index (κ1) is 22.6. The van der Waals surface area contributed by atoms with E-state index in [1.54, 1.807) is 0 Å². The highest BCUT2D eigenvalue weighted by atomic mass is 16.2. The fourth-order valence-electron chi connectivity index (χ4n) is 3.12. The van der Waals surface area contributed by atoms with E-state index in [0.29, 0.717) is 13.1 Å². The molecule has 0 heterocycles. The molecule has 5 nitrogen and oxygen atoms in total. The van der Waals surface area contributed by atoms with Crippen LogP contribution in [0.15, 0.2) is 48.5 Å². The first-order chi connectivity index (χ1) is 14.0. The summed E-state index contributed by atoms with van der Waals surface area (Å²) in [5.41, 5.74) is 4.53. The number of carbonyl (C=O) groups is 2. The lowest BCUT2D eigenvalue weighted by molar-refractivity contribution is -0.125. The maximum absolute atomic E-state index is 12.4. The first-order valence-corrected chi connectivity index (χ1v) is 10.3. The maximum Gasteiger partial charge on any atom is 0.234 e. The molecule has 0 bridgehead atoms. The van der Waals surface area contributed by atoms with Crippen molar-refractivity contribution >= 4 is 11.8 Å². The minimum Gasteiger partial charge on any atom is -0.351 e. The Bertz CT molecular complexity index is 741. The Kier molecular flexibility index (Phi) is 9.38. The van der Waals surface area contributed by atoms with E-state index in [2.05, 4.69) is 17.6 Å². The van der Waals surface area contributed by atoms with Crippen LogP contribution >= 0.6 is 0 Å². The van der Waals surface area contributed by atoms with Crippen molar-refractivity contribution in [2.24, 2.45) is 0 Å². The summed E-state index contributed by atoms with van der Waals surface area (Å²) in [6.45, 7) is 8.37. The van der Waals surface area contributed by atoms with E-state index in [4.69, 9.17) is 0 Å². The number of rotatable bonds is 11. The van der Waals surface area contributed by atoms with E-state index < -0.39 is 0 Å². The van der Waals surface area contributed by atoms with Gasteiger partial charge in [0.05, 0.1) is 13.1 Å². The molecule has 0 radical (unpaired) electrons. The largest absolute Gasteiger partial charge is 0.351 e. The molecule has 0 fully saturated rings. The minimum atomic E-state index is -0.0592. The molecule has 0 saturated heterocycles. The van der Waals surface area contributed by atoms with E-state index in [0.717, 1.165) is 41.6 Å². The van der Waals surface area contributed by atoms with Crippen LogP contribution in [0.2, 0.25) is 0 Å². The van der Waals surface area contributed by atoms with Gasteiger partial charge in [-0.25, -0.2) is 0 Å². The average Bonchev–Trinajstić information content (AvgIpc) is 2.71. The van der Waals surface area contributed by atoms with Crippen LogP contribution in [0.1, 0.15) is 42.0 Å². The van der Waals surface area contributed by atoms with Crippen LogP contribution < -0.4 is 10.6 Å². The van der Waals surface area contributed by atoms with Gasteiger partial charge in [-0.3, -0.25) is 14.5 Å². The van der Waals surface area contributed by atoms with Gasteiger partial charge in [0.2, 0.25) is 11.8 Å². The van der Waals surface area contributed by atoms with Crippen molar-refractivity contribution in [1.82, 2.24) is 15.5 Å². The van der Waals surface area contributed by atoms with Gasteiger partial charge < -0.3 is 10.6 Å². The van der Waals surface area contributed by atoms with Gasteiger partial charge in [-0.15, -0.1) is 0 Å². The Balaban J connectivity index is 1.83. The number of amides is 2. The van der Waals surface area contributed by atoms with Gasteiger partial charge in [-0.1, -0.05) is 61.9 Å². The van der Waals surface area contributed by atoms with Crippen LogP contribution in [-0.2, 0) is 22.7 Å². The zero-order chi connectivity index (χ0) is 21.1. The molecule has 2 rings (SSSR count). The summed E-state index contributed by atoms with van der Waals surface area (Å²) in [5.74, 6) is -0.118. The topological polar surface area (TPSA) is 61.4 Å². The molecular weight excluding hydrogens is 362 g/mol. The summed E-state index contributed by atoms with van der Waals surface area (Å²) >= 11 is 0. The maximum atomic E-state index is 12.4. The van der Waals surface area contributed by atoms with Crippen molar-refractivity contribution in [3.63, 3.8) is 0 Å². The van der Waals surface area contributed by atoms with E-state index in [9.17, 15) is 9.59 Å². The summed E-state index contributed by atoms with van der Waals surface area (Å²) in [4.78, 5) is 26.8. The smallest absolute Gasteiger partial charge is 0.234 e. The van der Waals surface area contributed by atoms with Gasteiger partial charge >= 0.3 is 0 Å². The monoisotopic (exact) mass is 395 g/mol. The van der Waals surface area contributed by atoms with Gasteiger partial charge in [0, 0.05) is 13.1 Å². The summed E-state index contributed by atoms with van der Waals surface area (Å²) in [6.07, 6.45) is 1.97. The van der Waals surface area contributed by atoms with Gasteiger partial charge in [-0.05, 0) is 49.1 Å². The van der Waals surface area contributed by atoms with Crippen LogP contribution in [0, 0.1) is 13.8 Å². The summed E-state index contributed by atoms with van der Waals surface area (Å²) < 4.78 is 0. The standard InChI is InChI=1S/C24H33N3O2/c1-4-5-14-27(17-23(28)25-15-21-12-8-6-10-19(21)2)18-24(29)26-16-22-13-9-7-11-20(22)3/h6-13H,4-5,14-18H2,1-3H3,(H,25,28)(H,26,29). The highest BCUT2D eigenvalue weighted by Crippen LogP contribution is 2.07. The molecule has 0 aliphatic heterocycles. The number of benzene rings is 2. The van der Waals surface area contributed by atoms with Gasteiger partial charge in [-0.2, -0.15) is 0 Å². The second-order valence-electron chi connectivity index (χ2n) is 7.47. The third kappa shape index (κ3) is 8.08. The molecule has 0 aromatic heterocycles.